The summed E-state index contributed by atoms with van der Waals surface area (Å²) in [4.78, 5) is 35.4. The van der Waals surface area contributed by atoms with E-state index >= 15 is 0 Å². The Morgan fingerprint density at radius 2 is 1.95 bits per heavy atom. The number of methoxy groups -OCH3 is 1. The lowest BCUT2D eigenvalue weighted by Crippen LogP contribution is -2.30. The molecule has 0 unspecified atom stereocenters. The number of aromatic carboxylic acids is 1. The summed E-state index contributed by atoms with van der Waals surface area (Å²) in [6, 6.07) is 3.00. The number of rotatable bonds is 2. The zero-order valence-corrected chi connectivity index (χ0v) is 11.6. The van der Waals surface area contributed by atoms with Gasteiger partial charge >= 0.3 is 11.9 Å². The Hall–Kier alpha value is -2.17. The molecule has 0 atom stereocenters. The zero-order chi connectivity index (χ0) is 15.1. The van der Waals surface area contributed by atoms with Crippen LogP contribution < -0.4 is 0 Å². The number of benzene rings is 1. The molecule has 0 amide bonds. The average Bonchev–Trinajstić information content (AvgIpc) is 2.41. The maximum absolute atomic E-state index is 12.2. The number of fused-ring (bicyclic) bond motifs is 1. The molecule has 2 rings (SSSR count). The Balaban J connectivity index is 2.83. The molecule has 5 nitrogen and oxygen atoms in total. The van der Waals surface area contributed by atoms with Gasteiger partial charge in [-0.05, 0) is 23.5 Å². The number of Topliss-reactive ketones (excluding diaryl/α,β-unsaturated/α-hetero) is 1. The van der Waals surface area contributed by atoms with E-state index < -0.39 is 11.9 Å². The minimum Gasteiger partial charge on any atom is -0.478 e. The fourth-order valence-electron chi connectivity index (χ4n) is 2.63. The molecule has 5 heteroatoms. The summed E-state index contributed by atoms with van der Waals surface area (Å²) in [6.07, 6.45) is 0.971. The first-order chi connectivity index (χ1) is 9.29. The molecule has 0 aromatic heterocycles. The van der Waals surface area contributed by atoms with E-state index in [9.17, 15) is 19.5 Å². The van der Waals surface area contributed by atoms with Crippen molar-refractivity contribution in [3.8, 4) is 0 Å². The van der Waals surface area contributed by atoms with E-state index in [-0.39, 0.29) is 27.9 Å². The smallest absolute Gasteiger partial charge is 0.339 e. The fourth-order valence-corrected chi connectivity index (χ4v) is 2.63. The van der Waals surface area contributed by atoms with Crippen LogP contribution in [0.4, 0.5) is 0 Å². The first kappa shape index (κ1) is 14.2. The van der Waals surface area contributed by atoms with E-state index in [1.54, 1.807) is 6.07 Å². The van der Waals surface area contributed by atoms with Crippen molar-refractivity contribution in [2.45, 2.75) is 32.1 Å². The number of esters is 1. The molecule has 0 fully saturated rings. The highest BCUT2D eigenvalue weighted by Gasteiger charge is 2.37. The summed E-state index contributed by atoms with van der Waals surface area (Å²) >= 11 is 0. The lowest BCUT2D eigenvalue weighted by Gasteiger charge is -2.32. The average molecular weight is 276 g/mol. The first-order valence-electron chi connectivity index (χ1n) is 6.32. The van der Waals surface area contributed by atoms with E-state index in [4.69, 9.17) is 0 Å². The molecule has 0 spiro atoms. The maximum Gasteiger partial charge on any atom is 0.339 e. The van der Waals surface area contributed by atoms with Crippen LogP contribution in [0.25, 0.3) is 0 Å². The zero-order valence-electron chi connectivity index (χ0n) is 11.6. The van der Waals surface area contributed by atoms with Crippen LogP contribution in [0, 0.1) is 0 Å². The SMILES string of the molecule is COC(=O)c1c(C(=O)O)ccc2c1C(=O)CCC2(C)C. The Bertz CT molecular complexity index is 613. The summed E-state index contributed by atoms with van der Waals surface area (Å²) < 4.78 is 4.66. The number of carbonyl (C=O) groups excluding carboxylic acids is 2. The van der Waals surface area contributed by atoms with Gasteiger partial charge in [0.1, 0.15) is 0 Å². The van der Waals surface area contributed by atoms with Gasteiger partial charge in [0.2, 0.25) is 0 Å². The van der Waals surface area contributed by atoms with Gasteiger partial charge < -0.3 is 9.84 Å². The van der Waals surface area contributed by atoms with E-state index in [2.05, 4.69) is 4.74 Å². The Morgan fingerprint density at radius 3 is 2.50 bits per heavy atom. The molecular weight excluding hydrogens is 260 g/mol. The van der Waals surface area contributed by atoms with Crippen molar-refractivity contribution in [1.29, 1.82) is 0 Å². The monoisotopic (exact) mass is 276 g/mol. The number of carbonyl (C=O) groups is 3. The number of hydrogen-bond donors (Lipinski definition) is 1. The van der Waals surface area contributed by atoms with Crippen LogP contribution >= 0.6 is 0 Å². The van der Waals surface area contributed by atoms with Crippen LogP contribution in [0.15, 0.2) is 12.1 Å². The van der Waals surface area contributed by atoms with Gasteiger partial charge in [-0.3, -0.25) is 4.79 Å². The van der Waals surface area contributed by atoms with Crippen molar-refractivity contribution in [2.24, 2.45) is 0 Å². The van der Waals surface area contributed by atoms with Crippen molar-refractivity contribution in [1.82, 2.24) is 0 Å². The number of hydrogen-bond acceptors (Lipinski definition) is 4. The number of ketones is 1. The molecule has 1 aliphatic rings. The normalized spacial score (nSPS) is 16.4. The minimum absolute atomic E-state index is 0.129. The second-order valence-corrected chi connectivity index (χ2v) is 5.51. The van der Waals surface area contributed by atoms with Crippen molar-refractivity contribution in [3.63, 3.8) is 0 Å². The topological polar surface area (TPSA) is 80.7 Å². The Morgan fingerprint density at radius 1 is 1.30 bits per heavy atom. The molecule has 1 aliphatic carbocycles. The predicted octanol–water partition coefficient (Wildman–Crippen LogP) is 2.43. The van der Waals surface area contributed by atoms with Crippen LogP contribution in [-0.4, -0.2) is 29.9 Å². The summed E-state index contributed by atoms with van der Waals surface area (Å²) in [7, 11) is 1.17. The quantitative estimate of drug-likeness (QED) is 0.839. The molecule has 0 radical (unpaired) electrons. The molecule has 1 N–H and O–H groups in total. The standard InChI is InChI=1S/C15H16O5/c1-15(2)7-6-10(16)12-9(15)5-4-8(13(17)18)11(12)14(19)20-3/h4-5H,6-7H2,1-3H3,(H,17,18). The molecule has 0 saturated carbocycles. The number of ether oxygens (including phenoxy) is 1. The molecular formula is C15H16O5. The van der Waals surface area contributed by atoms with Crippen LogP contribution in [0.1, 0.15) is 63.3 Å². The van der Waals surface area contributed by atoms with Gasteiger partial charge in [-0.25, -0.2) is 9.59 Å². The summed E-state index contributed by atoms with van der Waals surface area (Å²) in [5.74, 6) is -2.24. The first-order valence-corrected chi connectivity index (χ1v) is 6.32. The van der Waals surface area contributed by atoms with Crippen molar-refractivity contribution in [2.75, 3.05) is 7.11 Å². The largest absolute Gasteiger partial charge is 0.478 e. The van der Waals surface area contributed by atoms with Crippen molar-refractivity contribution >= 4 is 17.7 Å². The molecule has 0 heterocycles. The Labute approximate surface area is 116 Å². The van der Waals surface area contributed by atoms with Gasteiger partial charge in [-0.15, -0.1) is 0 Å². The second-order valence-electron chi connectivity index (χ2n) is 5.51. The Kier molecular flexibility index (Phi) is 3.38. The molecule has 1 aromatic rings. The molecule has 0 bridgehead atoms. The van der Waals surface area contributed by atoms with Gasteiger partial charge in [-0.1, -0.05) is 19.9 Å². The molecule has 106 valence electrons. The molecule has 20 heavy (non-hydrogen) atoms. The highest BCUT2D eigenvalue weighted by molar-refractivity contribution is 6.13. The predicted molar refractivity (Wildman–Crippen MR) is 71.3 cm³/mol. The lowest BCUT2D eigenvalue weighted by atomic mass is 9.70. The fraction of sp³-hybridized carbons (Fsp3) is 0.400. The van der Waals surface area contributed by atoms with Gasteiger partial charge in [0.15, 0.2) is 5.78 Å². The summed E-state index contributed by atoms with van der Waals surface area (Å²) in [5, 5.41) is 9.21. The van der Waals surface area contributed by atoms with E-state index in [1.165, 1.54) is 13.2 Å². The number of carboxylic acids is 1. The third-order valence-corrected chi connectivity index (χ3v) is 3.81. The third-order valence-electron chi connectivity index (χ3n) is 3.81. The van der Waals surface area contributed by atoms with Crippen molar-refractivity contribution < 1.29 is 24.2 Å². The van der Waals surface area contributed by atoms with Crippen LogP contribution in [0.2, 0.25) is 0 Å². The van der Waals surface area contributed by atoms with Gasteiger partial charge in [0.25, 0.3) is 0 Å². The highest BCUT2D eigenvalue weighted by Crippen LogP contribution is 2.39. The number of carboxylic acid groups (broad SMARTS) is 1. The highest BCUT2D eigenvalue weighted by atomic mass is 16.5. The molecule has 1 aromatic carbocycles. The lowest BCUT2D eigenvalue weighted by molar-refractivity contribution is 0.0578. The van der Waals surface area contributed by atoms with Gasteiger partial charge in [-0.2, -0.15) is 0 Å². The van der Waals surface area contributed by atoms with Crippen LogP contribution in [0.5, 0.6) is 0 Å². The summed E-state index contributed by atoms with van der Waals surface area (Å²) in [6.45, 7) is 3.94. The van der Waals surface area contributed by atoms with Crippen LogP contribution in [0.3, 0.4) is 0 Å². The maximum atomic E-state index is 12.2. The second kappa shape index (κ2) is 4.74. The summed E-state index contributed by atoms with van der Waals surface area (Å²) in [5.41, 5.74) is 0.312. The van der Waals surface area contributed by atoms with E-state index in [0.29, 0.717) is 18.4 Å². The van der Waals surface area contributed by atoms with E-state index in [0.717, 1.165) is 0 Å². The van der Waals surface area contributed by atoms with E-state index in [1.807, 2.05) is 13.8 Å². The molecule has 0 aliphatic heterocycles. The van der Waals surface area contributed by atoms with Crippen LogP contribution in [-0.2, 0) is 10.2 Å². The van der Waals surface area contributed by atoms with Crippen molar-refractivity contribution in [3.05, 3.63) is 34.4 Å². The minimum atomic E-state index is -1.25. The van der Waals surface area contributed by atoms with Gasteiger partial charge in [0, 0.05) is 12.0 Å². The molecule has 0 saturated heterocycles. The van der Waals surface area contributed by atoms with Gasteiger partial charge in [0.05, 0.1) is 18.2 Å². The third kappa shape index (κ3) is 2.09.